The zero-order valence-electron chi connectivity index (χ0n) is 12.2. The lowest BCUT2D eigenvalue weighted by Gasteiger charge is -2.17. The number of carbonyl (C=O) groups excluding carboxylic acids is 2. The zero-order chi connectivity index (χ0) is 15.7. The number of hydrogen-bond acceptors (Lipinski definition) is 4. The highest BCUT2D eigenvalue weighted by Gasteiger charge is 2.40. The molecule has 1 aliphatic rings. The largest absolute Gasteiger partial charge is 0.399 e. The van der Waals surface area contributed by atoms with Crippen molar-refractivity contribution in [1.29, 1.82) is 0 Å². The van der Waals surface area contributed by atoms with Crippen LogP contribution in [-0.2, 0) is 9.59 Å². The average molecular weight is 312 g/mol. The highest BCUT2D eigenvalue weighted by Crippen LogP contribution is 2.35. The molecule has 0 bridgehead atoms. The first-order valence-corrected chi connectivity index (χ1v) is 7.89. The van der Waals surface area contributed by atoms with E-state index in [0.29, 0.717) is 11.4 Å². The molecule has 2 amide bonds. The molecule has 1 fully saturated rings. The number of para-hydroxylation sites is 1. The number of nitrogens with zero attached hydrogens (tertiary/aromatic N) is 1. The van der Waals surface area contributed by atoms with Gasteiger partial charge in [0.1, 0.15) is 0 Å². The number of nitrogen functional groups attached to an aromatic ring is 1. The number of imide groups is 1. The van der Waals surface area contributed by atoms with Gasteiger partial charge in [0.15, 0.2) is 0 Å². The fourth-order valence-electron chi connectivity index (χ4n) is 2.52. The summed E-state index contributed by atoms with van der Waals surface area (Å²) in [5, 5.41) is -0.395. The van der Waals surface area contributed by atoms with Gasteiger partial charge in [-0.25, -0.2) is 4.90 Å². The van der Waals surface area contributed by atoms with E-state index in [0.717, 1.165) is 10.5 Å². The fraction of sp³-hybridized carbons (Fsp3) is 0.176. The van der Waals surface area contributed by atoms with E-state index >= 15 is 0 Å². The number of hydrogen-bond donors (Lipinski definition) is 1. The summed E-state index contributed by atoms with van der Waals surface area (Å²) in [6, 6.07) is 14.8. The maximum atomic E-state index is 12.6. The molecule has 1 saturated heterocycles. The Hall–Kier alpha value is -2.27. The Bertz CT molecular complexity index is 745. The molecule has 0 aliphatic carbocycles. The van der Waals surface area contributed by atoms with Crippen molar-refractivity contribution in [2.45, 2.75) is 23.5 Å². The number of rotatable bonds is 3. The molecule has 0 aromatic heterocycles. The Morgan fingerprint density at radius 3 is 2.64 bits per heavy atom. The summed E-state index contributed by atoms with van der Waals surface area (Å²) in [7, 11) is 0. The quantitative estimate of drug-likeness (QED) is 0.699. The SMILES string of the molecule is Cc1ccccc1N1C(=O)C[C@H](Sc2cccc(N)c2)C1=O. The van der Waals surface area contributed by atoms with E-state index in [1.165, 1.54) is 16.7 Å². The van der Waals surface area contributed by atoms with Crippen LogP contribution in [0.4, 0.5) is 11.4 Å². The molecule has 0 spiro atoms. The minimum Gasteiger partial charge on any atom is -0.399 e. The smallest absolute Gasteiger partial charge is 0.247 e. The third-order valence-corrected chi connectivity index (χ3v) is 4.78. The number of aryl methyl sites for hydroxylation is 1. The maximum absolute atomic E-state index is 12.6. The first-order chi connectivity index (χ1) is 10.6. The Labute approximate surface area is 133 Å². The molecule has 1 heterocycles. The summed E-state index contributed by atoms with van der Waals surface area (Å²) < 4.78 is 0. The normalized spacial score (nSPS) is 18.0. The molecule has 22 heavy (non-hydrogen) atoms. The second-order valence-electron chi connectivity index (χ2n) is 5.24. The van der Waals surface area contributed by atoms with E-state index in [4.69, 9.17) is 5.73 Å². The number of amides is 2. The van der Waals surface area contributed by atoms with Crippen LogP contribution in [-0.4, -0.2) is 17.1 Å². The van der Waals surface area contributed by atoms with Crippen molar-refractivity contribution in [3.05, 3.63) is 54.1 Å². The third-order valence-electron chi connectivity index (χ3n) is 3.60. The van der Waals surface area contributed by atoms with E-state index in [1.54, 1.807) is 12.1 Å². The van der Waals surface area contributed by atoms with E-state index in [1.807, 2.05) is 43.3 Å². The molecule has 0 unspecified atom stereocenters. The van der Waals surface area contributed by atoms with E-state index in [2.05, 4.69) is 0 Å². The van der Waals surface area contributed by atoms with Crippen LogP contribution in [0, 0.1) is 6.92 Å². The highest BCUT2D eigenvalue weighted by atomic mass is 32.2. The third kappa shape index (κ3) is 2.72. The molecular formula is C17H16N2O2S. The first kappa shape index (κ1) is 14.7. The molecule has 1 atom stereocenters. The second-order valence-corrected chi connectivity index (χ2v) is 6.51. The summed E-state index contributed by atoms with van der Waals surface area (Å²) in [6.07, 6.45) is 0.215. The molecule has 0 saturated carbocycles. The summed E-state index contributed by atoms with van der Waals surface area (Å²) >= 11 is 1.39. The molecule has 1 aliphatic heterocycles. The number of benzene rings is 2. The molecule has 2 aromatic carbocycles. The lowest BCUT2D eigenvalue weighted by molar-refractivity contribution is -0.121. The topological polar surface area (TPSA) is 63.4 Å². The molecule has 3 rings (SSSR count). The zero-order valence-corrected chi connectivity index (χ0v) is 13.0. The van der Waals surface area contributed by atoms with Gasteiger partial charge in [0.2, 0.25) is 11.8 Å². The van der Waals surface area contributed by atoms with Gasteiger partial charge in [0.25, 0.3) is 0 Å². The second kappa shape index (κ2) is 5.85. The number of nitrogens with two attached hydrogens (primary N) is 1. The van der Waals surface area contributed by atoms with Gasteiger partial charge in [0.05, 0.1) is 10.9 Å². The van der Waals surface area contributed by atoms with Crippen LogP contribution in [0.15, 0.2) is 53.4 Å². The van der Waals surface area contributed by atoms with Crippen molar-refractivity contribution >= 4 is 35.0 Å². The number of thioether (sulfide) groups is 1. The van der Waals surface area contributed by atoms with E-state index in [9.17, 15) is 9.59 Å². The Morgan fingerprint density at radius 1 is 1.14 bits per heavy atom. The lowest BCUT2D eigenvalue weighted by atomic mass is 10.2. The number of carbonyl (C=O) groups is 2. The minimum absolute atomic E-state index is 0.152. The summed E-state index contributed by atoms with van der Waals surface area (Å²) in [4.78, 5) is 27.1. The van der Waals surface area contributed by atoms with Crippen molar-refractivity contribution < 1.29 is 9.59 Å². The summed E-state index contributed by atoms with van der Waals surface area (Å²) in [5.74, 6) is -0.313. The van der Waals surface area contributed by atoms with Gasteiger partial charge in [-0.1, -0.05) is 24.3 Å². The van der Waals surface area contributed by atoms with Gasteiger partial charge in [-0.05, 0) is 36.8 Å². The van der Waals surface area contributed by atoms with Crippen LogP contribution >= 0.6 is 11.8 Å². The van der Waals surface area contributed by atoms with Crippen molar-refractivity contribution in [3.63, 3.8) is 0 Å². The predicted octanol–water partition coefficient (Wildman–Crippen LogP) is 3.00. The van der Waals surface area contributed by atoms with Crippen LogP contribution in [0.3, 0.4) is 0 Å². The van der Waals surface area contributed by atoms with Gasteiger partial charge < -0.3 is 5.73 Å². The summed E-state index contributed by atoms with van der Waals surface area (Å²) in [5.41, 5.74) is 8.00. The van der Waals surface area contributed by atoms with Crippen LogP contribution < -0.4 is 10.6 Å². The maximum Gasteiger partial charge on any atom is 0.247 e. The average Bonchev–Trinajstić information content (AvgIpc) is 2.74. The standard InChI is InChI=1S/C17H16N2O2S/c1-11-5-2-3-8-14(11)19-16(20)10-15(17(19)21)22-13-7-4-6-12(18)9-13/h2-9,15H,10,18H2,1H3/t15-/m0/s1. The van der Waals surface area contributed by atoms with Gasteiger partial charge in [-0.3, -0.25) is 9.59 Å². The van der Waals surface area contributed by atoms with E-state index in [-0.39, 0.29) is 18.2 Å². The highest BCUT2D eigenvalue weighted by molar-refractivity contribution is 8.00. The lowest BCUT2D eigenvalue weighted by Crippen LogP contribution is -2.31. The van der Waals surface area contributed by atoms with Crippen LogP contribution in [0.1, 0.15) is 12.0 Å². The fourth-order valence-corrected chi connectivity index (χ4v) is 3.64. The van der Waals surface area contributed by atoms with Crippen molar-refractivity contribution in [1.82, 2.24) is 0 Å². The molecular weight excluding hydrogens is 296 g/mol. The monoisotopic (exact) mass is 312 g/mol. The molecule has 0 radical (unpaired) electrons. The Balaban J connectivity index is 1.84. The van der Waals surface area contributed by atoms with Gasteiger partial charge in [-0.15, -0.1) is 11.8 Å². The van der Waals surface area contributed by atoms with Crippen molar-refractivity contribution in [2.24, 2.45) is 0 Å². The minimum atomic E-state index is -0.395. The first-order valence-electron chi connectivity index (χ1n) is 7.01. The summed E-state index contributed by atoms with van der Waals surface area (Å²) in [6.45, 7) is 1.90. The predicted molar refractivity (Wildman–Crippen MR) is 88.8 cm³/mol. The molecule has 4 nitrogen and oxygen atoms in total. The molecule has 5 heteroatoms. The molecule has 2 aromatic rings. The van der Waals surface area contributed by atoms with E-state index < -0.39 is 5.25 Å². The Kier molecular flexibility index (Phi) is 3.90. The molecule has 112 valence electrons. The van der Waals surface area contributed by atoms with Crippen molar-refractivity contribution in [2.75, 3.05) is 10.6 Å². The van der Waals surface area contributed by atoms with Gasteiger partial charge in [0, 0.05) is 17.0 Å². The van der Waals surface area contributed by atoms with Crippen LogP contribution in [0.25, 0.3) is 0 Å². The number of anilines is 2. The van der Waals surface area contributed by atoms with Crippen LogP contribution in [0.2, 0.25) is 0 Å². The molecule has 2 N–H and O–H groups in total. The van der Waals surface area contributed by atoms with Crippen LogP contribution in [0.5, 0.6) is 0 Å². The van der Waals surface area contributed by atoms with Gasteiger partial charge in [-0.2, -0.15) is 0 Å². The van der Waals surface area contributed by atoms with Gasteiger partial charge >= 0.3 is 0 Å². The van der Waals surface area contributed by atoms with Crippen molar-refractivity contribution in [3.8, 4) is 0 Å². The Morgan fingerprint density at radius 2 is 1.91 bits per heavy atom.